The summed E-state index contributed by atoms with van der Waals surface area (Å²) in [6.07, 6.45) is 2.41. The Morgan fingerprint density at radius 1 is 1.04 bits per heavy atom. The SMILES string of the molecule is CCN(CC)c1cc(N(CCO)CCc2ccccc2)n2ncnc2n1. The van der Waals surface area contributed by atoms with E-state index in [9.17, 15) is 5.11 Å². The molecule has 2 heterocycles. The molecule has 1 N–H and O–H groups in total. The number of benzene rings is 1. The van der Waals surface area contributed by atoms with Gasteiger partial charge in [-0.1, -0.05) is 30.3 Å². The second-order valence-electron chi connectivity index (χ2n) is 6.06. The summed E-state index contributed by atoms with van der Waals surface area (Å²) in [5.74, 6) is 2.36. The van der Waals surface area contributed by atoms with Gasteiger partial charge in [-0.05, 0) is 25.8 Å². The number of aromatic nitrogens is 4. The van der Waals surface area contributed by atoms with E-state index in [-0.39, 0.29) is 6.61 Å². The summed E-state index contributed by atoms with van der Waals surface area (Å²) < 4.78 is 1.74. The molecule has 0 amide bonds. The van der Waals surface area contributed by atoms with Gasteiger partial charge in [-0.25, -0.2) is 0 Å². The van der Waals surface area contributed by atoms with Crippen molar-refractivity contribution in [1.82, 2.24) is 19.6 Å². The normalized spacial score (nSPS) is 11.0. The quantitative estimate of drug-likeness (QED) is 0.634. The van der Waals surface area contributed by atoms with Gasteiger partial charge in [0.2, 0.25) is 0 Å². The van der Waals surface area contributed by atoms with Crippen molar-refractivity contribution in [2.45, 2.75) is 20.3 Å². The lowest BCUT2D eigenvalue weighted by molar-refractivity contribution is 0.301. The van der Waals surface area contributed by atoms with Gasteiger partial charge in [0.25, 0.3) is 5.78 Å². The summed E-state index contributed by atoms with van der Waals surface area (Å²) in [6.45, 7) is 7.35. The maximum atomic E-state index is 9.58. The first-order valence-electron chi connectivity index (χ1n) is 9.12. The second kappa shape index (κ2) is 8.62. The molecule has 0 aliphatic heterocycles. The van der Waals surface area contributed by atoms with Crippen LogP contribution in [0.4, 0.5) is 11.6 Å². The fourth-order valence-corrected chi connectivity index (χ4v) is 3.09. The average Bonchev–Trinajstić information content (AvgIpc) is 3.15. The minimum Gasteiger partial charge on any atom is -0.395 e. The Balaban J connectivity index is 1.94. The van der Waals surface area contributed by atoms with E-state index in [2.05, 4.69) is 50.8 Å². The first kappa shape index (κ1) is 18.1. The van der Waals surface area contributed by atoms with E-state index in [0.29, 0.717) is 12.3 Å². The standard InChI is InChI=1S/C19H26N6O/c1-3-23(4-2)17-14-18(25-19(22-17)20-15-21-25)24(12-13-26)11-10-16-8-6-5-7-9-16/h5-9,14-15,26H,3-4,10-13H2,1-2H3. The highest BCUT2D eigenvalue weighted by Crippen LogP contribution is 2.22. The predicted molar refractivity (Wildman–Crippen MR) is 104 cm³/mol. The minimum absolute atomic E-state index is 0.0773. The molecule has 0 atom stereocenters. The molecule has 0 unspecified atom stereocenters. The van der Waals surface area contributed by atoms with Gasteiger partial charge in [0.1, 0.15) is 18.0 Å². The van der Waals surface area contributed by atoms with E-state index in [1.807, 2.05) is 24.3 Å². The van der Waals surface area contributed by atoms with Crippen molar-refractivity contribution >= 4 is 17.4 Å². The Morgan fingerprint density at radius 2 is 1.81 bits per heavy atom. The van der Waals surface area contributed by atoms with Gasteiger partial charge in [-0.2, -0.15) is 19.6 Å². The fraction of sp³-hybridized carbons (Fsp3) is 0.421. The Morgan fingerprint density at radius 3 is 2.50 bits per heavy atom. The molecule has 3 aromatic rings. The largest absolute Gasteiger partial charge is 0.395 e. The number of rotatable bonds is 9. The van der Waals surface area contributed by atoms with Crippen LogP contribution in [0.5, 0.6) is 0 Å². The van der Waals surface area contributed by atoms with E-state index in [1.54, 1.807) is 4.52 Å². The van der Waals surface area contributed by atoms with Crippen LogP contribution >= 0.6 is 0 Å². The maximum Gasteiger partial charge on any atom is 0.256 e. The van der Waals surface area contributed by atoms with Crippen molar-refractivity contribution in [1.29, 1.82) is 0 Å². The Bertz CT molecular complexity index is 815. The van der Waals surface area contributed by atoms with Crippen molar-refractivity contribution in [3.05, 3.63) is 48.3 Å². The monoisotopic (exact) mass is 354 g/mol. The second-order valence-corrected chi connectivity index (χ2v) is 6.06. The fourth-order valence-electron chi connectivity index (χ4n) is 3.09. The lowest BCUT2D eigenvalue weighted by Crippen LogP contribution is -2.32. The number of hydrogen-bond donors (Lipinski definition) is 1. The molecule has 7 nitrogen and oxygen atoms in total. The minimum atomic E-state index is 0.0773. The maximum absolute atomic E-state index is 9.58. The summed E-state index contributed by atoms with van der Waals surface area (Å²) in [6, 6.07) is 12.4. The van der Waals surface area contributed by atoms with Crippen LogP contribution in [-0.4, -0.2) is 57.5 Å². The van der Waals surface area contributed by atoms with Gasteiger partial charge in [0.15, 0.2) is 0 Å². The molecule has 0 aliphatic carbocycles. The van der Waals surface area contributed by atoms with Crippen molar-refractivity contribution in [2.75, 3.05) is 42.6 Å². The number of aliphatic hydroxyl groups is 1. The van der Waals surface area contributed by atoms with E-state index in [4.69, 9.17) is 0 Å². The molecule has 0 radical (unpaired) electrons. The molecule has 0 saturated heterocycles. The van der Waals surface area contributed by atoms with Gasteiger partial charge in [-0.3, -0.25) is 0 Å². The van der Waals surface area contributed by atoms with Crippen molar-refractivity contribution in [3.8, 4) is 0 Å². The van der Waals surface area contributed by atoms with Crippen LogP contribution in [0.25, 0.3) is 5.78 Å². The third-order valence-electron chi connectivity index (χ3n) is 4.51. The van der Waals surface area contributed by atoms with Crippen LogP contribution in [0.15, 0.2) is 42.7 Å². The zero-order valence-electron chi connectivity index (χ0n) is 15.4. The highest BCUT2D eigenvalue weighted by Gasteiger charge is 2.16. The van der Waals surface area contributed by atoms with Crippen LogP contribution in [0.1, 0.15) is 19.4 Å². The lowest BCUT2D eigenvalue weighted by Gasteiger charge is -2.26. The highest BCUT2D eigenvalue weighted by molar-refractivity contribution is 5.56. The molecule has 7 heteroatoms. The van der Waals surface area contributed by atoms with Gasteiger partial charge >= 0.3 is 0 Å². The molecule has 1 aromatic carbocycles. The molecule has 0 spiro atoms. The Hall–Kier alpha value is -2.67. The van der Waals surface area contributed by atoms with Gasteiger partial charge in [0.05, 0.1) is 6.61 Å². The van der Waals surface area contributed by atoms with Crippen molar-refractivity contribution in [2.24, 2.45) is 0 Å². The van der Waals surface area contributed by atoms with Gasteiger partial charge < -0.3 is 14.9 Å². The zero-order valence-corrected chi connectivity index (χ0v) is 15.4. The zero-order chi connectivity index (χ0) is 18.4. The van der Waals surface area contributed by atoms with Crippen LogP contribution in [0.2, 0.25) is 0 Å². The predicted octanol–water partition coefficient (Wildman–Crippen LogP) is 2.01. The molecule has 0 saturated carbocycles. The molecule has 0 fully saturated rings. The molecule has 0 aliphatic rings. The summed E-state index contributed by atoms with van der Waals surface area (Å²) >= 11 is 0. The number of anilines is 2. The first-order valence-corrected chi connectivity index (χ1v) is 9.12. The number of fused-ring (bicyclic) bond motifs is 1. The summed E-state index contributed by atoms with van der Waals surface area (Å²) in [4.78, 5) is 13.2. The molecular formula is C19H26N6O. The van der Waals surface area contributed by atoms with Crippen LogP contribution in [-0.2, 0) is 6.42 Å². The van der Waals surface area contributed by atoms with E-state index in [0.717, 1.165) is 37.7 Å². The van der Waals surface area contributed by atoms with Crippen molar-refractivity contribution in [3.63, 3.8) is 0 Å². The number of hydrogen-bond acceptors (Lipinski definition) is 6. The van der Waals surface area contributed by atoms with Crippen LogP contribution in [0, 0.1) is 0 Å². The Kier molecular flexibility index (Phi) is 6.01. The summed E-state index contributed by atoms with van der Waals surface area (Å²) in [5.41, 5.74) is 1.27. The first-order chi connectivity index (χ1) is 12.8. The Labute approximate surface area is 153 Å². The number of nitrogens with zero attached hydrogens (tertiary/aromatic N) is 6. The summed E-state index contributed by atoms with van der Waals surface area (Å²) in [7, 11) is 0. The molecule has 0 bridgehead atoms. The van der Waals surface area contributed by atoms with E-state index in [1.165, 1.54) is 11.9 Å². The smallest absolute Gasteiger partial charge is 0.256 e. The van der Waals surface area contributed by atoms with Crippen LogP contribution < -0.4 is 9.80 Å². The van der Waals surface area contributed by atoms with Crippen LogP contribution in [0.3, 0.4) is 0 Å². The van der Waals surface area contributed by atoms with Gasteiger partial charge in [0, 0.05) is 32.2 Å². The van der Waals surface area contributed by atoms with Crippen molar-refractivity contribution < 1.29 is 5.11 Å². The topological polar surface area (TPSA) is 69.8 Å². The molecule has 2 aromatic heterocycles. The third-order valence-corrected chi connectivity index (χ3v) is 4.51. The highest BCUT2D eigenvalue weighted by atomic mass is 16.3. The average molecular weight is 354 g/mol. The molecular weight excluding hydrogens is 328 g/mol. The number of aliphatic hydroxyl groups excluding tert-OH is 1. The summed E-state index contributed by atoms with van der Waals surface area (Å²) in [5, 5.41) is 13.9. The lowest BCUT2D eigenvalue weighted by atomic mass is 10.1. The third kappa shape index (κ3) is 3.94. The molecule has 3 rings (SSSR count). The van der Waals surface area contributed by atoms with Gasteiger partial charge in [-0.15, -0.1) is 0 Å². The molecule has 138 valence electrons. The van der Waals surface area contributed by atoms with E-state index >= 15 is 0 Å². The van der Waals surface area contributed by atoms with E-state index < -0.39 is 0 Å². The molecule has 26 heavy (non-hydrogen) atoms.